The van der Waals surface area contributed by atoms with Crippen molar-refractivity contribution < 1.29 is 14.6 Å². The highest BCUT2D eigenvalue weighted by Crippen LogP contribution is 2.25. The summed E-state index contributed by atoms with van der Waals surface area (Å²) in [5, 5.41) is 9.59. The highest BCUT2D eigenvalue weighted by atomic mass is 16.5. The zero-order valence-electron chi connectivity index (χ0n) is 14.5. The number of rotatable bonds is 2. The van der Waals surface area contributed by atoms with Crippen LogP contribution in [0.15, 0.2) is 46.6 Å². The van der Waals surface area contributed by atoms with E-state index < -0.39 is 0 Å². The number of fused-ring (bicyclic) bond motifs is 1. The summed E-state index contributed by atoms with van der Waals surface area (Å²) >= 11 is 0. The molecule has 0 amide bonds. The third-order valence-electron chi connectivity index (χ3n) is 4.56. The van der Waals surface area contributed by atoms with Gasteiger partial charge in [0.05, 0.1) is 6.61 Å². The Morgan fingerprint density at radius 1 is 1.26 bits per heavy atom. The average molecular weight is 316 g/mol. The van der Waals surface area contributed by atoms with Gasteiger partial charge in [0, 0.05) is 12.0 Å². The van der Waals surface area contributed by atoms with Gasteiger partial charge in [-0.15, -0.1) is 0 Å². The summed E-state index contributed by atoms with van der Waals surface area (Å²) in [5.41, 5.74) is 4.43. The molecule has 126 valence electrons. The Labute approximate surface area is 139 Å². The third-order valence-corrected chi connectivity index (χ3v) is 4.56. The number of allylic oxidation sites excluding steroid dienone is 5. The Morgan fingerprint density at radius 2 is 2.04 bits per heavy atom. The Bertz CT molecular complexity index is 561. The normalized spacial score (nSPS) is 30.3. The zero-order valence-corrected chi connectivity index (χ0v) is 14.5. The van der Waals surface area contributed by atoms with E-state index in [4.69, 9.17) is 4.74 Å². The van der Waals surface area contributed by atoms with Crippen LogP contribution in [0.2, 0.25) is 0 Å². The van der Waals surface area contributed by atoms with Crippen molar-refractivity contribution in [2.45, 2.75) is 59.0 Å². The van der Waals surface area contributed by atoms with E-state index in [1.54, 1.807) is 0 Å². The van der Waals surface area contributed by atoms with Crippen LogP contribution in [0.5, 0.6) is 0 Å². The van der Waals surface area contributed by atoms with E-state index in [1.165, 1.54) is 11.1 Å². The van der Waals surface area contributed by atoms with Crippen molar-refractivity contribution in [3.05, 3.63) is 46.6 Å². The van der Waals surface area contributed by atoms with Gasteiger partial charge in [-0.25, -0.2) is 4.79 Å². The summed E-state index contributed by atoms with van der Waals surface area (Å²) in [5.74, 6) is 0.286. The van der Waals surface area contributed by atoms with Crippen molar-refractivity contribution in [3.63, 3.8) is 0 Å². The predicted octanol–water partition coefficient (Wildman–Crippen LogP) is 4.25. The minimum Gasteiger partial charge on any atom is -0.454 e. The molecule has 1 atom stereocenters. The van der Waals surface area contributed by atoms with Crippen molar-refractivity contribution in [1.82, 2.24) is 0 Å². The molecule has 0 aromatic rings. The third kappa shape index (κ3) is 5.21. The molecule has 3 heteroatoms. The number of aliphatic hydroxyl groups is 1. The lowest BCUT2D eigenvalue weighted by molar-refractivity contribution is -0.139. The molecule has 1 heterocycles. The van der Waals surface area contributed by atoms with E-state index in [0.717, 1.165) is 36.8 Å². The van der Waals surface area contributed by atoms with Gasteiger partial charge < -0.3 is 9.84 Å². The van der Waals surface area contributed by atoms with Crippen LogP contribution in [0, 0.1) is 5.92 Å². The first-order valence-corrected chi connectivity index (χ1v) is 8.56. The van der Waals surface area contributed by atoms with Gasteiger partial charge in [-0.3, -0.25) is 0 Å². The SMILES string of the molecule is C/C1=C\CCC2=C[C@@H](C/C(CO)=C\C=C(\C(C)C)CC1)OC2=O. The standard InChI is InChI=1S/C20H28O3/c1-14(2)17-9-7-15(3)5-4-6-18-12-19(23-20(18)22)11-16(13-21)8-10-17/h5,8,10,12,14,19,21H,4,6-7,9,11,13H2,1-3H3/b15-5+,16-8+,17-10+/t19-/m1/s1. The van der Waals surface area contributed by atoms with Gasteiger partial charge in [0.2, 0.25) is 0 Å². The van der Waals surface area contributed by atoms with E-state index >= 15 is 0 Å². The monoisotopic (exact) mass is 316 g/mol. The fourth-order valence-electron chi connectivity index (χ4n) is 2.98. The van der Waals surface area contributed by atoms with E-state index in [-0.39, 0.29) is 18.7 Å². The molecule has 2 aliphatic rings. The summed E-state index contributed by atoms with van der Waals surface area (Å²) in [6, 6.07) is 0. The molecule has 2 rings (SSSR count). The molecule has 0 saturated carbocycles. The van der Waals surface area contributed by atoms with Crippen LogP contribution in [-0.4, -0.2) is 23.8 Å². The van der Waals surface area contributed by atoms with E-state index in [1.807, 2.05) is 12.2 Å². The molecule has 0 spiro atoms. The first-order valence-electron chi connectivity index (χ1n) is 8.56. The van der Waals surface area contributed by atoms with Gasteiger partial charge in [0.25, 0.3) is 0 Å². The number of hydrogen-bond donors (Lipinski definition) is 1. The van der Waals surface area contributed by atoms with E-state index in [9.17, 15) is 9.90 Å². The highest BCUT2D eigenvalue weighted by Gasteiger charge is 2.25. The van der Waals surface area contributed by atoms with Crippen LogP contribution in [0.4, 0.5) is 0 Å². The fourth-order valence-corrected chi connectivity index (χ4v) is 2.98. The highest BCUT2D eigenvalue weighted by molar-refractivity contribution is 5.90. The summed E-state index contributed by atoms with van der Waals surface area (Å²) in [7, 11) is 0. The quantitative estimate of drug-likeness (QED) is 0.612. The molecule has 2 bridgehead atoms. The predicted molar refractivity (Wildman–Crippen MR) is 92.9 cm³/mol. The van der Waals surface area contributed by atoms with Gasteiger partial charge in [-0.05, 0) is 50.2 Å². The lowest BCUT2D eigenvalue weighted by Gasteiger charge is -2.13. The molecular formula is C20H28O3. The van der Waals surface area contributed by atoms with Gasteiger partial charge in [0.15, 0.2) is 0 Å². The van der Waals surface area contributed by atoms with Crippen molar-refractivity contribution in [2.24, 2.45) is 5.92 Å². The van der Waals surface area contributed by atoms with E-state index in [2.05, 4.69) is 32.9 Å². The second-order valence-corrected chi connectivity index (χ2v) is 6.81. The Balaban J connectivity index is 2.27. The second kappa shape index (κ2) is 8.30. The fraction of sp³-hybridized carbons (Fsp3) is 0.550. The molecule has 1 aliphatic carbocycles. The number of carbonyl (C=O) groups is 1. The topological polar surface area (TPSA) is 46.5 Å². The van der Waals surface area contributed by atoms with Gasteiger partial charge in [0.1, 0.15) is 6.10 Å². The van der Waals surface area contributed by atoms with E-state index in [0.29, 0.717) is 12.3 Å². The molecule has 0 saturated heterocycles. The maximum absolute atomic E-state index is 11.9. The summed E-state index contributed by atoms with van der Waals surface area (Å²) in [6.07, 6.45) is 12.3. The molecule has 1 aliphatic heterocycles. The minimum absolute atomic E-state index is 0.00195. The molecule has 0 aromatic carbocycles. The van der Waals surface area contributed by atoms with Crippen LogP contribution in [0.1, 0.15) is 52.9 Å². The molecule has 0 unspecified atom stereocenters. The number of hydrogen-bond acceptors (Lipinski definition) is 3. The van der Waals surface area contributed by atoms with Crippen molar-refractivity contribution in [1.29, 1.82) is 0 Å². The van der Waals surface area contributed by atoms with Crippen LogP contribution in [-0.2, 0) is 9.53 Å². The zero-order chi connectivity index (χ0) is 16.8. The molecule has 1 N–H and O–H groups in total. The lowest BCUT2D eigenvalue weighted by Crippen LogP contribution is -2.10. The van der Waals surface area contributed by atoms with Crippen LogP contribution in [0.25, 0.3) is 0 Å². The van der Waals surface area contributed by atoms with Gasteiger partial charge >= 0.3 is 5.97 Å². The Hall–Kier alpha value is -1.61. The van der Waals surface area contributed by atoms with Crippen LogP contribution in [0.3, 0.4) is 0 Å². The molecule has 0 fully saturated rings. The first kappa shape index (κ1) is 17.7. The molecule has 0 radical (unpaired) electrons. The summed E-state index contributed by atoms with van der Waals surface area (Å²) < 4.78 is 5.41. The molecular weight excluding hydrogens is 288 g/mol. The maximum atomic E-state index is 11.9. The molecule has 0 aromatic heterocycles. The average Bonchev–Trinajstić information content (AvgIpc) is 2.84. The molecule has 23 heavy (non-hydrogen) atoms. The largest absolute Gasteiger partial charge is 0.454 e. The first-order chi connectivity index (χ1) is 11.0. The Morgan fingerprint density at radius 3 is 2.74 bits per heavy atom. The summed E-state index contributed by atoms with van der Waals surface area (Å²) in [6.45, 7) is 6.56. The summed E-state index contributed by atoms with van der Waals surface area (Å²) in [4.78, 5) is 11.9. The van der Waals surface area contributed by atoms with Crippen molar-refractivity contribution in [2.75, 3.05) is 6.61 Å². The number of esters is 1. The maximum Gasteiger partial charge on any atom is 0.334 e. The molecule has 3 nitrogen and oxygen atoms in total. The number of ether oxygens (including phenoxy) is 1. The van der Waals surface area contributed by atoms with Gasteiger partial charge in [-0.1, -0.05) is 43.2 Å². The smallest absolute Gasteiger partial charge is 0.334 e. The Kier molecular flexibility index (Phi) is 6.40. The second-order valence-electron chi connectivity index (χ2n) is 6.81. The number of aliphatic hydroxyl groups excluding tert-OH is 1. The van der Waals surface area contributed by atoms with Crippen LogP contribution < -0.4 is 0 Å². The van der Waals surface area contributed by atoms with Crippen LogP contribution >= 0.6 is 0 Å². The van der Waals surface area contributed by atoms with Crippen molar-refractivity contribution >= 4 is 5.97 Å². The number of carbonyl (C=O) groups excluding carboxylic acids is 1. The van der Waals surface area contributed by atoms with Crippen molar-refractivity contribution in [3.8, 4) is 0 Å². The van der Waals surface area contributed by atoms with Gasteiger partial charge in [-0.2, -0.15) is 0 Å². The minimum atomic E-state index is -0.236. The lowest BCUT2D eigenvalue weighted by atomic mass is 9.94.